The van der Waals surface area contributed by atoms with Crippen LogP contribution >= 0.6 is 0 Å². The van der Waals surface area contributed by atoms with Gasteiger partial charge in [0.2, 0.25) is 5.78 Å². The topological polar surface area (TPSA) is 30.0 Å². The van der Waals surface area contributed by atoms with Crippen LogP contribution in [0.4, 0.5) is 0 Å². The van der Waals surface area contributed by atoms with Crippen LogP contribution in [0.5, 0.6) is 0 Å². The van der Waals surface area contributed by atoms with Crippen molar-refractivity contribution in [1.82, 2.24) is 4.98 Å². The molecule has 2 aromatic rings. The van der Waals surface area contributed by atoms with E-state index >= 15 is 0 Å². The lowest BCUT2D eigenvalue weighted by Crippen LogP contribution is -2.04. The molecule has 0 aliphatic heterocycles. The van der Waals surface area contributed by atoms with Crippen LogP contribution in [0.1, 0.15) is 35.5 Å². The first-order chi connectivity index (χ1) is 8.66. The molecule has 0 N–H and O–H groups in total. The van der Waals surface area contributed by atoms with Crippen molar-refractivity contribution < 1.29 is 4.79 Å². The van der Waals surface area contributed by atoms with Gasteiger partial charge in [-0.3, -0.25) is 9.78 Å². The molecule has 0 bridgehead atoms. The van der Waals surface area contributed by atoms with Crippen molar-refractivity contribution in [2.24, 2.45) is 5.92 Å². The van der Waals surface area contributed by atoms with Gasteiger partial charge in [-0.2, -0.15) is 0 Å². The molecule has 0 spiro atoms. The molecule has 0 aliphatic carbocycles. The molecule has 0 fully saturated rings. The van der Waals surface area contributed by atoms with Crippen LogP contribution in [-0.2, 0) is 6.42 Å². The highest BCUT2D eigenvalue weighted by molar-refractivity contribution is 6.07. The summed E-state index contributed by atoms with van der Waals surface area (Å²) in [5, 5.41) is 0. The van der Waals surface area contributed by atoms with Gasteiger partial charge in [0.25, 0.3) is 0 Å². The highest BCUT2D eigenvalue weighted by atomic mass is 16.1. The Kier molecular flexibility index (Phi) is 3.88. The van der Waals surface area contributed by atoms with Crippen molar-refractivity contribution in [2.45, 2.75) is 20.3 Å². The standard InChI is InChI=1S/C16H17NO/c1-12(2)10-13-6-5-7-14(11-13)16(18)15-8-3-4-9-17-15/h3-9,11-12H,10H2,1-2H3. The number of hydrogen-bond donors (Lipinski definition) is 0. The van der Waals surface area contributed by atoms with Crippen molar-refractivity contribution in [3.63, 3.8) is 0 Å². The Hall–Kier alpha value is -1.96. The van der Waals surface area contributed by atoms with Crippen molar-refractivity contribution >= 4 is 5.78 Å². The zero-order valence-electron chi connectivity index (χ0n) is 10.8. The minimum Gasteiger partial charge on any atom is -0.287 e. The van der Waals surface area contributed by atoms with Crippen LogP contribution in [-0.4, -0.2) is 10.8 Å². The number of carbonyl (C=O) groups excluding carboxylic acids is 1. The fourth-order valence-corrected chi connectivity index (χ4v) is 1.96. The summed E-state index contributed by atoms with van der Waals surface area (Å²) in [5.41, 5.74) is 2.41. The van der Waals surface area contributed by atoms with Crippen molar-refractivity contribution in [3.8, 4) is 0 Å². The van der Waals surface area contributed by atoms with Gasteiger partial charge < -0.3 is 0 Å². The second-order valence-corrected chi connectivity index (χ2v) is 4.84. The fourth-order valence-electron chi connectivity index (χ4n) is 1.96. The van der Waals surface area contributed by atoms with Crippen LogP contribution < -0.4 is 0 Å². The number of benzene rings is 1. The monoisotopic (exact) mass is 239 g/mol. The lowest BCUT2D eigenvalue weighted by molar-refractivity contribution is 0.103. The normalized spacial score (nSPS) is 10.6. The minimum absolute atomic E-state index is 0.0128. The van der Waals surface area contributed by atoms with Crippen molar-refractivity contribution in [1.29, 1.82) is 0 Å². The third-order valence-corrected chi connectivity index (χ3v) is 2.73. The van der Waals surface area contributed by atoms with Gasteiger partial charge in [-0.25, -0.2) is 0 Å². The molecular formula is C16H17NO. The molecule has 2 heteroatoms. The first kappa shape index (κ1) is 12.5. The number of pyridine rings is 1. The summed E-state index contributed by atoms with van der Waals surface area (Å²) < 4.78 is 0. The Morgan fingerprint density at radius 1 is 1.17 bits per heavy atom. The van der Waals surface area contributed by atoms with E-state index in [1.165, 1.54) is 5.56 Å². The summed E-state index contributed by atoms with van der Waals surface area (Å²) in [7, 11) is 0. The van der Waals surface area contributed by atoms with Crippen LogP contribution in [0, 0.1) is 5.92 Å². The smallest absolute Gasteiger partial charge is 0.211 e. The van der Waals surface area contributed by atoms with E-state index in [9.17, 15) is 4.79 Å². The first-order valence-electron chi connectivity index (χ1n) is 6.21. The molecule has 0 saturated heterocycles. The van der Waals surface area contributed by atoms with Gasteiger partial charge in [0.1, 0.15) is 5.69 Å². The summed E-state index contributed by atoms with van der Waals surface area (Å²) >= 11 is 0. The quantitative estimate of drug-likeness (QED) is 0.764. The number of hydrogen-bond acceptors (Lipinski definition) is 2. The maximum Gasteiger partial charge on any atom is 0.211 e. The third kappa shape index (κ3) is 3.04. The van der Waals surface area contributed by atoms with Gasteiger partial charge in [0.15, 0.2) is 0 Å². The Morgan fingerprint density at radius 3 is 2.67 bits per heavy atom. The van der Waals surface area contributed by atoms with Gasteiger partial charge in [-0.1, -0.05) is 38.1 Å². The second kappa shape index (κ2) is 5.58. The van der Waals surface area contributed by atoms with Crippen molar-refractivity contribution in [2.75, 3.05) is 0 Å². The molecule has 18 heavy (non-hydrogen) atoms. The van der Waals surface area contributed by atoms with E-state index in [2.05, 4.69) is 24.9 Å². The fraction of sp³-hybridized carbons (Fsp3) is 0.250. The van der Waals surface area contributed by atoms with Crippen LogP contribution in [0.3, 0.4) is 0 Å². The van der Waals surface area contributed by atoms with Gasteiger partial charge in [-0.05, 0) is 36.1 Å². The van der Waals surface area contributed by atoms with E-state index in [4.69, 9.17) is 0 Å². The van der Waals surface area contributed by atoms with Gasteiger partial charge in [0, 0.05) is 11.8 Å². The summed E-state index contributed by atoms with van der Waals surface area (Å²) in [6, 6.07) is 13.2. The van der Waals surface area contributed by atoms with Crippen LogP contribution in [0.2, 0.25) is 0 Å². The Balaban J connectivity index is 2.26. The SMILES string of the molecule is CC(C)Cc1cccc(C(=O)c2ccccn2)c1. The van der Waals surface area contributed by atoms with E-state index < -0.39 is 0 Å². The second-order valence-electron chi connectivity index (χ2n) is 4.84. The Labute approximate surface area is 108 Å². The predicted molar refractivity (Wildman–Crippen MR) is 72.7 cm³/mol. The van der Waals surface area contributed by atoms with E-state index in [0.717, 1.165) is 6.42 Å². The predicted octanol–water partition coefficient (Wildman–Crippen LogP) is 3.51. The molecule has 0 unspecified atom stereocenters. The minimum atomic E-state index is -0.0128. The molecule has 0 aliphatic rings. The van der Waals surface area contributed by atoms with Crippen LogP contribution in [0.25, 0.3) is 0 Å². The van der Waals surface area contributed by atoms with E-state index in [-0.39, 0.29) is 5.78 Å². The maximum absolute atomic E-state index is 12.2. The molecule has 1 aromatic heterocycles. The summed E-state index contributed by atoms with van der Waals surface area (Å²) in [6.45, 7) is 4.35. The Morgan fingerprint density at radius 2 is 2.00 bits per heavy atom. The number of rotatable bonds is 4. The molecule has 0 radical (unpaired) electrons. The number of nitrogens with zero attached hydrogens (tertiary/aromatic N) is 1. The van der Waals surface area contributed by atoms with Gasteiger partial charge in [-0.15, -0.1) is 0 Å². The zero-order valence-corrected chi connectivity index (χ0v) is 10.8. The first-order valence-corrected chi connectivity index (χ1v) is 6.21. The van der Waals surface area contributed by atoms with Gasteiger partial charge >= 0.3 is 0 Å². The largest absolute Gasteiger partial charge is 0.287 e. The molecule has 1 heterocycles. The average molecular weight is 239 g/mol. The number of aromatic nitrogens is 1. The van der Waals surface area contributed by atoms with Crippen molar-refractivity contribution in [3.05, 3.63) is 65.5 Å². The molecule has 0 amide bonds. The molecule has 2 rings (SSSR count). The maximum atomic E-state index is 12.2. The van der Waals surface area contributed by atoms with E-state index in [1.54, 1.807) is 12.3 Å². The lowest BCUT2D eigenvalue weighted by Gasteiger charge is -2.06. The molecule has 2 nitrogen and oxygen atoms in total. The van der Waals surface area contributed by atoms with Gasteiger partial charge in [0.05, 0.1) is 0 Å². The highest BCUT2D eigenvalue weighted by Gasteiger charge is 2.10. The molecular weight excluding hydrogens is 222 g/mol. The lowest BCUT2D eigenvalue weighted by atomic mass is 9.99. The van der Waals surface area contributed by atoms with Crippen LogP contribution in [0.15, 0.2) is 48.7 Å². The average Bonchev–Trinajstić information content (AvgIpc) is 2.38. The summed E-state index contributed by atoms with van der Waals surface area (Å²) in [5.74, 6) is 0.575. The molecule has 0 saturated carbocycles. The zero-order chi connectivity index (χ0) is 13.0. The summed E-state index contributed by atoms with van der Waals surface area (Å²) in [6.07, 6.45) is 2.63. The summed E-state index contributed by atoms with van der Waals surface area (Å²) in [4.78, 5) is 16.3. The highest BCUT2D eigenvalue weighted by Crippen LogP contribution is 2.13. The Bertz CT molecular complexity index is 532. The van der Waals surface area contributed by atoms with E-state index in [1.807, 2.05) is 30.3 Å². The molecule has 0 atom stereocenters. The number of ketones is 1. The molecule has 1 aromatic carbocycles. The third-order valence-electron chi connectivity index (χ3n) is 2.73. The number of carbonyl (C=O) groups is 1. The van der Waals surface area contributed by atoms with E-state index in [0.29, 0.717) is 17.2 Å². The molecule has 92 valence electrons.